The average Bonchev–Trinajstić information content (AvgIpc) is 2.98. The van der Waals surface area contributed by atoms with Gasteiger partial charge in [0.1, 0.15) is 11.4 Å². The minimum Gasteiger partial charge on any atom is -0.507 e. The molecule has 3 rings (SSSR count). The Labute approximate surface area is 117 Å². The molecule has 0 radical (unpaired) electrons. The maximum atomic E-state index is 10.4. The molecule has 1 fully saturated rings. The number of fused-ring (bicyclic) bond motifs is 1. The van der Waals surface area contributed by atoms with Crippen molar-refractivity contribution in [3.8, 4) is 17.2 Å². The summed E-state index contributed by atoms with van der Waals surface area (Å²) >= 11 is 0. The minimum absolute atomic E-state index is 0.157. The second kappa shape index (κ2) is 5.12. The van der Waals surface area contributed by atoms with Gasteiger partial charge in [-0.15, -0.1) is 0 Å². The molecule has 2 aliphatic heterocycles. The zero-order valence-corrected chi connectivity index (χ0v) is 11.4. The number of benzene rings is 1. The summed E-state index contributed by atoms with van der Waals surface area (Å²) in [7, 11) is 0. The van der Waals surface area contributed by atoms with Crippen molar-refractivity contribution >= 4 is 0 Å². The first-order valence-electron chi connectivity index (χ1n) is 6.75. The first-order valence-corrected chi connectivity index (χ1v) is 6.75. The summed E-state index contributed by atoms with van der Waals surface area (Å²) in [6.45, 7) is 3.49. The van der Waals surface area contributed by atoms with Crippen LogP contribution in [0.25, 0.3) is 0 Å². The van der Waals surface area contributed by atoms with Crippen molar-refractivity contribution in [3.63, 3.8) is 0 Å². The molecule has 2 heterocycles. The van der Waals surface area contributed by atoms with Gasteiger partial charge in [0.15, 0.2) is 11.5 Å². The van der Waals surface area contributed by atoms with E-state index in [-0.39, 0.29) is 18.6 Å². The zero-order chi connectivity index (χ0) is 14.2. The summed E-state index contributed by atoms with van der Waals surface area (Å²) in [5.74, 6) is 1.35. The van der Waals surface area contributed by atoms with Crippen molar-refractivity contribution in [3.05, 3.63) is 17.7 Å². The molecule has 20 heavy (non-hydrogen) atoms. The summed E-state index contributed by atoms with van der Waals surface area (Å²) in [5, 5.41) is 23.4. The van der Waals surface area contributed by atoms with Crippen LogP contribution in [-0.2, 0) is 11.3 Å². The molecule has 0 spiro atoms. The molecule has 110 valence electrons. The normalized spacial score (nSPS) is 28.0. The van der Waals surface area contributed by atoms with Gasteiger partial charge in [0.2, 0.25) is 6.79 Å². The highest BCUT2D eigenvalue weighted by atomic mass is 16.7. The molecule has 2 aliphatic rings. The average molecular weight is 281 g/mol. The Morgan fingerprint density at radius 2 is 2.10 bits per heavy atom. The Hall–Kier alpha value is -1.50. The molecular formula is C14H19NO5. The van der Waals surface area contributed by atoms with Crippen LogP contribution < -0.4 is 14.8 Å². The number of ether oxygens (including phenoxy) is 3. The van der Waals surface area contributed by atoms with Gasteiger partial charge in [0.05, 0.1) is 6.10 Å². The monoisotopic (exact) mass is 281 g/mol. The number of nitrogens with one attached hydrogen (secondary N) is 1. The van der Waals surface area contributed by atoms with Gasteiger partial charge >= 0.3 is 0 Å². The highest BCUT2D eigenvalue weighted by Crippen LogP contribution is 2.37. The smallest absolute Gasteiger partial charge is 0.231 e. The molecule has 2 atom stereocenters. The van der Waals surface area contributed by atoms with Crippen LogP contribution in [-0.4, -0.2) is 41.9 Å². The van der Waals surface area contributed by atoms with E-state index >= 15 is 0 Å². The lowest BCUT2D eigenvalue weighted by Gasteiger charge is -2.26. The van der Waals surface area contributed by atoms with E-state index in [1.54, 1.807) is 12.1 Å². The Bertz CT molecular complexity index is 507. The first kappa shape index (κ1) is 13.5. The third-order valence-electron chi connectivity index (χ3n) is 3.98. The fourth-order valence-electron chi connectivity index (χ4n) is 2.53. The zero-order valence-electron chi connectivity index (χ0n) is 11.4. The number of rotatable bonds is 4. The minimum atomic E-state index is -0.841. The molecule has 6 heteroatoms. The van der Waals surface area contributed by atoms with Gasteiger partial charge in [0.25, 0.3) is 0 Å². The van der Waals surface area contributed by atoms with Crippen LogP contribution in [0.1, 0.15) is 18.9 Å². The van der Waals surface area contributed by atoms with Gasteiger partial charge in [-0.25, -0.2) is 0 Å². The van der Waals surface area contributed by atoms with Gasteiger partial charge in [-0.05, 0) is 13.0 Å². The molecule has 0 aromatic heterocycles. The van der Waals surface area contributed by atoms with E-state index < -0.39 is 5.60 Å². The number of phenols is 1. The van der Waals surface area contributed by atoms with E-state index in [2.05, 4.69) is 5.32 Å². The molecule has 0 saturated carbocycles. The summed E-state index contributed by atoms with van der Waals surface area (Å²) < 4.78 is 15.9. The van der Waals surface area contributed by atoms with Gasteiger partial charge < -0.3 is 29.7 Å². The van der Waals surface area contributed by atoms with E-state index in [0.717, 1.165) is 0 Å². The Morgan fingerprint density at radius 1 is 1.35 bits per heavy atom. The second-order valence-electron chi connectivity index (χ2n) is 5.30. The van der Waals surface area contributed by atoms with Gasteiger partial charge in [-0.2, -0.15) is 0 Å². The van der Waals surface area contributed by atoms with Crippen LogP contribution >= 0.6 is 0 Å². The molecule has 0 aliphatic carbocycles. The lowest BCUT2D eigenvalue weighted by Crippen LogP contribution is -2.45. The fraction of sp³-hybridized carbons (Fsp3) is 0.571. The predicted octanol–water partition coefficient (Wildman–Crippen LogP) is 0.750. The lowest BCUT2D eigenvalue weighted by atomic mass is 9.96. The Morgan fingerprint density at radius 3 is 2.80 bits per heavy atom. The summed E-state index contributed by atoms with van der Waals surface area (Å²) in [4.78, 5) is 0. The predicted molar refractivity (Wildman–Crippen MR) is 70.9 cm³/mol. The molecule has 2 unspecified atom stereocenters. The van der Waals surface area contributed by atoms with E-state index in [1.165, 1.54) is 0 Å². The molecule has 0 amide bonds. The standard InChI is InChI=1S/C14H19NO5/c1-9-14(17,2-3-18-9)7-15-6-10-4-12-13(5-11(10)16)20-8-19-12/h4-5,9,15-17H,2-3,6-8H2,1H3. The largest absolute Gasteiger partial charge is 0.507 e. The Balaban J connectivity index is 1.61. The lowest BCUT2D eigenvalue weighted by molar-refractivity contribution is -0.0263. The molecule has 1 aromatic carbocycles. The van der Waals surface area contributed by atoms with Crippen LogP contribution in [0.4, 0.5) is 0 Å². The van der Waals surface area contributed by atoms with Crippen molar-refractivity contribution in [2.75, 3.05) is 19.9 Å². The van der Waals surface area contributed by atoms with E-state index in [4.69, 9.17) is 14.2 Å². The van der Waals surface area contributed by atoms with Gasteiger partial charge in [-0.1, -0.05) is 0 Å². The highest BCUT2D eigenvalue weighted by molar-refractivity contribution is 5.51. The maximum Gasteiger partial charge on any atom is 0.231 e. The van der Waals surface area contributed by atoms with Crippen molar-refractivity contribution in [1.29, 1.82) is 0 Å². The Kier molecular flexibility index (Phi) is 3.45. The van der Waals surface area contributed by atoms with Crippen molar-refractivity contribution < 1.29 is 24.4 Å². The second-order valence-corrected chi connectivity index (χ2v) is 5.30. The van der Waals surface area contributed by atoms with Crippen LogP contribution in [0, 0.1) is 0 Å². The van der Waals surface area contributed by atoms with Crippen LogP contribution in [0.3, 0.4) is 0 Å². The number of hydrogen-bond acceptors (Lipinski definition) is 6. The highest BCUT2D eigenvalue weighted by Gasteiger charge is 2.39. The molecule has 0 bridgehead atoms. The van der Waals surface area contributed by atoms with Gasteiger partial charge in [0, 0.05) is 37.7 Å². The number of aromatic hydroxyl groups is 1. The number of phenolic OH excluding ortho intramolecular Hbond substituents is 1. The van der Waals surface area contributed by atoms with Crippen LogP contribution in [0.5, 0.6) is 17.2 Å². The fourth-order valence-corrected chi connectivity index (χ4v) is 2.53. The molecule has 1 saturated heterocycles. The third kappa shape index (κ3) is 2.42. The number of aliphatic hydroxyl groups is 1. The van der Waals surface area contributed by atoms with Crippen LogP contribution in [0.15, 0.2) is 12.1 Å². The molecular weight excluding hydrogens is 262 g/mol. The SMILES string of the molecule is CC1OCCC1(O)CNCc1cc2c(cc1O)OCO2. The molecule has 3 N–H and O–H groups in total. The summed E-state index contributed by atoms with van der Waals surface area (Å²) in [5.41, 5.74) is -0.129. The van der Waals surface area contributed by atoms with Gasteiger partial charge in [-0.3, -0.25) is 0 Å². The topological polar surface area (TPSA) is 80.2 Å². The quantitative estimate of drug-likeness (QED) is 0.756. The van der Waals surface area contributed by atoms with Crippen molar-refractivity contribution in [1.82, 2.24) is 5.32 Å². The van der Waals surface area contributed by atoms with E-state index in [0.29, 0.717) is 43.2 Å². The van der Waals surface area contributed by atoms with Crippen molar-refractivity contribution in [2.24, 2.45) is 0 Å². The molecule has 1 aromatic rings. The van der Waals surface area contributed by atoms with Crippen molar-refractivity contribution in [2.45, 2.75) is 31.6 Å². The summed E-state index contributed by atoms with van der Waals surface area (Å²) in [6, 6.07) is 3.30. The first-order chi connectivity index (χ1) is 9.58. The van der Waals surface area contributed by atoms with E-state index in [1.807, 2.05) is 6.92 Å². The summed E-state index contributed by atoms with van der Waals surface area (Å²) in [6.07, 6.45) is 0.439. The third-order valence-corrected chi connectivity index (χ3v) is 3.98. The van der Waals surface area contributed by atoms with E-state index in [9.17, 15) is 10.2 Å². The van der Waals surface area contributed by atoms with Crippen LogP contribution in [0.2, 0.25) is 0 Å². The molecule has 6 nitrogen and oxygen atoms in total. The number of hydrogen-bond donors (Lipinski definition) is 3. The maximum absolute atomic E-state index is 10.4.